The summed E-state index contributed by atoms with van der Waals surface area (Å²) in [4.78, 5) is 32.7. The molecule has 9 nitrogen and oxygen atoms in total. The average molecular weight is 358 g/mol. The number of phosphoric ester groups is 1. The average Bonchev–Trinajstić information content (AvgIpc) is 2.83. The third kappa shape index (κ3) is 4.39. The Morgan fingerprint density at radius 1 is 1.50 bits per heavy atom. The molecule has 1 aromatic rings. The Kier molecular flexibility index (Phi) is 5.39. The summed E-state index contributed by atoms with van der Waals surface area (Å²) in [5, 5.41) is 27.3. The van der Waals surface area contributed by atoms with E-state index in [-0.39, 0.29) is 36.6 Å². The molecule has 1 saturated carbocycles. The molecule has 2 atom stereocenters. The molecule has 0 radical (unpaired) electrons. The van der Waals surface area contributed by atoms with E-state index in [0.717, 1.165) is 0 Å². The number of aryl methyl sites for hydroxylation is 1. The lowest BCUT2D eigenvalue weighted by Gasteiger charge is -2.17. The van der Waals surface area contributed by atoms with Crippen LogP contribution in [-0.2, 0) is 26.9 Å². The molecule has 0 aliphatic heterocycles. The summed E-state index contributed by atoms with van der Waals surface area (Å²) in [5.74, 6) is -2.06. The third-order valence-corrected chi connectivity index (χ3v) is 4.61. The number of nitrogens with zero attached hydrogens (tertiary/aromatic N) is 1. The standard InChI is InChI=1S/C14H19N2O7P/c1-7-13(17)11(10(5-16-7)6-23-24(20,21)22)3-8-2-9(14(18)19)4-12(8)15/h5,8-9,15,17H,2-4,6H2,1H3,(H,18,19)(H2,20,21,22)/t8-,9-/m0/s1. The fraction of sp³-hybridized carbons (Fsp3) is 0.500. The van der Waals surface area contributed by atoms with Crippen LogP contribution >= 0.6 is 7.82 Å². The van der Waals surface area contributed by atoms with Crippen molar-refractivity contribution in [1.82, 2.24) is 4.98 Å². The molecule has 0 bridgehead atoms. The van der Waals surface area contributed by atoms with E-state index in [1.165, 1.54) is 6.20 Å². The minimum atomic E-state index is -4.68. The van der Waals surface area contributed by atoms with E-state index in [0.29, 0.717) is 16.8 Å². The lowest BCUT2D eigenvalue weighted by molar-refractivity contribution is -0.141. The Hall–Kier alpha value is -1.80. The molecule has 0 unspecified atom stereocenters. The van der Waals surface area contributed by atoms with E-state index in [1.807, 2.05) is 0 Å². The molecule has 0 saturated heterocycles. The number of hydrogen-bond acceptors (Lipinski definition) is 6. The number of rotatable bonds is 6. The predicted molar refractivity (Wildman–Crippen MR) is 82.8 cm³/mol. The van der Waals surface area contributed by atoms with E-state index < -0.39 is 26.3 Å². The summed E-state index contributed by atoms with van der Waals surface area (Å²) in [6.07, 6.45) is 2.00. The van der Waals surface area contributed by atoms with Crippen LogP contribution in [0, 0.1) is 24.2 Å². The van der Waals surface area contributed by atoms with Crippen molar-refractivity contribution in [2.24, 2.45) is 11.8 Å². The van der Waals surface area contributed by atoms with Crippen LogP contribution in [-0.4, -0.2) is 36.7 Å². The van der Waals surface area contributed by atoms with Gasteiger partial charge in [-0.05, 0) is 26.2 Å². The maximum Gasteiger partial charge on any atom is 0.469 e. The molecule has 0 amide bonds. The van der Waals surface area contributed by atoms with Crippen molar-refractivity contribution < 1.29 is 33.9 Å². The van der Waals surface area contributed by atoms with Crippen molar-refractivity contribution in [3.63, 3.8) is 0 Å². The molecule has 1 aromatic heterocycles. The van der Waals surface area contributed by atoms with E-state index in [9.17, 15) is 14.5 Å². The van der Waals surface area contributed by atoms with E-state index in [2.05, 4.69) is 9.51 Å². The zero-order valence-corrected chi connectivity index (χ0v) is 13.9. The van der Waals surface area contributed by atoms with Crippen LogP contribution in [0.25, 0.3) is 0 Å². The maximum absolute atomic E-state index is 11.1. The van der Waals surface area contributed by atoms with Gasteiger partial charge in [-0.25, -0.2) is 4.57 Å². The number of aromatic hydroxyl groups is 1. The number of carboxylic acid groups (broad SMARTS) is 1. The maximum atomic E-state index is 11.1. The van der Waals surface area contributed by atoms with Gasteiger partial charge in [0.1, 0.15) is 5.75 Å². The number of carboxylic acids is 1. The number of aromatic nitrogens is 1. The van der Waals surface area contributed by atoms with Crippen LogP contribution in [0.3, 0.4) is 0 Å². The Morgan fingerprint density at radius 2 is 2.17 bits per heavy atom. The van der Waals surface area contributed by atoms with Gasteiger partial charge in [-0.2, -0.15) is 0 Å². The highest BCUT2D eigenvalue weighted by Gasteiger charge is 2.35. The minimum absolute atomic E-state index is 0.131. The summed E-state index contributed by atoms with van der Waals surface area (Å²) in [5.41, 5.74) is 1.30. The molecule has 24 heavy (non-hydrogen) atoms. The van der Waals surface area contributed by atoms with Gasteiger partial charge in [-0.3, -0.25) is 14.3 Å². The predicted octanol–water partition coefficient (Wildman–Crippen LogP) is 1.38. The highest BCUT2D eigenvalue weighted by Crippen LogP contribution is 2.39. The molecular formula is C14H19N2O7P. The zero-order valence-electron chi connectivity index (χ0n) is 13.0. The fourth-order valence-corrected chi connectivity index (χ4v) is 3.14. The Balaban J connectivity index is 2.25. The largest absolute Gasteiger partial charge is 0.506 e. The fourth-order valence-electron chi connectivity index (χ4n) is 2.83. The number of nitrogens with one attached hydrogen (secondary N) is 1. The second kappa shape index (κ2) is 6.98. The van der Waals surface area contributed by atoms with Crippen molar-refractivity contribution in [2.45, 2.75) is 32.8 Å². The van der Waals surface area contributed by atoms with Crippen LogP contribution in [0.1, 0.15) is 29.7 Å². The van der Waals surface area contributed by atoms with Gasteiger partial charge in [0.05, 0.1) is 18.2 Å². The number of phosphoric acid groups is 1. The number of hydrogen-bond donors (Lipinski definition) is 5. The first-order chi connectivity index (χ1) is 11.1. The summed E-state index contributed by atoms with van der Waals surface area (Å²) in [7, 11) is -4.68. The highest BCUT2D eigenvalue weighted by molar-refractivity contribution is 7.46. The minimum Gasteiger partial charge on any atom is -0.506 e. The van der Waals surface area contributed by atoms with Crippen LogP contribution in [0.2, 0.25) is 0 Å². The van der Waals surface area contributed by atoms with Crippen molar-refractivity contribution in [3.05, 3.63) is 23.0 Å². The summed E-state index contributed by atoms with van der Waals surface area (Å²) < 4.78 is 15.3. The first kappa shape index (κ1) is 18.5. The summed E-state index contributed by atoms with van der Waals surface area (Å²) >= 11 is 0. The van der Waals surface area contributed by atoms with Gasteiger partial charge in [-0.1, -0.05) is 0 Å². The second-order valence-corrected chi connectivity index (χ2v) is 7.10. The molecular weight excluding hydrogens is 339 g/mol. The van der Waals surface area contributed by atoms with Crippen molar-refractivity contribution in [1.29, 1.82) is 5.41 Å². The normalized spacial score (nSPS) is 21.2. The van der Waals surface area contributed by atoms with Crippen molar-refractivity contribution in [3.8, 4) is 5.75 Å². The van der Waals surface area contributed by atoms with Crippen molar-refractivity contribution in [2.75, 3.05) is 0 Å². The smallest absolute Gasteiger partial charge is 0.469 e. The summed E-state index contributed by atoms with van der Waals surface area (Å²) in [6, 6.07) is 0. The summed E-state index contributed by atoms with van der Waals surface area (Å²) in [6.45, 7) is 1.13. The first-order valence-corrected chi connectivity index (χ1v) is 8.78. The monoisotopic (exact) mass is 358 g/mol. The molecule has 1 aliphatic carbocycles. The quantitative estimate of drug-likeness (QED) is 0.476. The molecule has 132 valence electrons. The Morgan fingerprint density at radius 3 is 2.71 bits per heavy atom. The highest BCUT2D eigenvalue weighted by atomic mass is 31.2. The topological polar surface area (TPSA) is 161 Å². The molecule has 1 aliphatic rings. The van der Waals surface area contributed by atoms with E-state index >= 15 is 0 Å². The van der Waals surface area contributed by atoms with Gasteiger partial charge in [0, 0.05) is 29.0 Å². The molecule has 5 N–H and O–H groups in total. The van der Waals surface area contributed by atoms with Crippen molar-refractivity contribution >= 4 is 19.5 Å². The van der Waals surface area contributed by atoms with E-state index in [1.54, 1.807) is 6.92 Å². The number of carbonyl (C=O) groups is 1. The Bertz CT molecular complexity index is 715. The number of pyridine rings is 1. The van der Waals surface area contributed by atoms with Crippen LogP contribution in [0.15, 0.2) is 6.20 Å². The van der Waals surface area contributed by atoms with Gasteiger partial charge in [0.2, 0.25) is 0 Å². The lowest BCUT2D eigenvalue weighted by Crippen LogP contribution is -2.12. The molecule has 0 aromatic carbocycles. The molecule has 1 heterocycles. The van der Waals surface area contributed by atoms with Crippen LogP contribution < -0.4 is 0 Å². The third-order valence-electron chi connectivity index (χ3n) is 4.15. The van der Waals surface area contributed by atoms with Gasteiger partial charge in [0.25, 0.3) is 0 Å². The van der Waals surface area contributed by atoms with Crippen LogP contribution in [0.4, 0.5) is 0 Å². The van der Waals surface area contributed by atoms with Gasteiger partial charge >= 0.3 is 13.8 Å². The molecule has 2 rings (SSSR count). The number of aliphatic carboxylic acids is 1. The Labute approximate surface area is 138 Å². The van der Waals surface area contributed by atoms with Gasteiger partial charge < -0.3 is 25.4 Å². The van der Waals surface area contributed by atoms with Gasteiger partial charge in [-0.15, -0.1) is 0 Å². The molecule has 1 fully saturated rings. The van der Waals surface area contributed by atoms with Crippen LogP contribution in [0.5, 0.6) is 5.75 Å². The second-order valence-electron chi connectivity index (χ2n) is 5.86. The van der Waals surface area contributed by atoms with Gasteiger partial charge in [0.15, 0.2) is 0 Å². The zero-order chi connectivity index (χ0) is 18.1. The van der Waals surface area contributed by atoms with E-state index in [4.69, 9.17) is 20.3 Å². The molecule has 0 spiro atoms. The SMILES string of the molecule is Cc1ncc(COP(=O)(O)O)c(C[C@@H]2C[C@H](C(=O)O)CC2=N)c1O. The first-order valence-electron chi connectivity index (χ1n) is 7.25. The lowest BCUT2D eigenvalue weighted by atomic mass is 9.92. The molecule has 10 heteroatoms.